The number of rotatable bonds is 12. The summed E-state index contributed by atoms with van der Waals surface area (Å²) >= 11 is 0. The van der Waals surface area contributed by atoms with Crippen molar-refractivity contribution in [2.45, 2.75) is 58.3 Å². The van der Waals surface area contributed by atoms with E-state index in [2.05, 4.69) is 32.7 Å². The van der Waals surface area contributed by atoms with Crippen molar-refractivity contribution in [3.63, 3.8) is 0 Å². The molecule has 1 rings (SSSR count). The number of carboxylic acids is 1. The number of aliphatic carboxylic acids is 1. The van der Waals surface area contributed by atoms with Crippen LogP contribution >= 0.6 is 0 Å². The highest BCUT2D eigenvalue weighted by molar-refractivity contribution is 5.86. The molecule has 0 saturated carbocycles. The van der Waals surface area contributed by atoms with Crippen molar-refractivity contribution >= 4 is 18.1 Å². The molecule has 0 fully saturated rings. The highest BCUT2D eigenvalue weighted by Crippen LogP contribution is 2.25. The lowest BCUT2D eigenvalue weighted by atomic mass is 9.90. The number of hydrogen-bond acceptors (Lipinski definition) is 1. The average Bonchev–Trinajstić information content (AvgIpc) is 2.58. The molecular weight excluding hydrogens is 296 g/mol. The Hall–Kier alpha value is -2.09. The summed E-state index contributed by atoms with van der Waals surface area (Å²) in [4.78, 5) is 11.0. The van der Waals surface area contributed by atoms with Crippen molar-refractivity contribution in [1.29, 1.82) is 0 Å². The maximum absolute atomic E-state index is 11.0. The average molecular weight is 326 g/mol. The smallest absolute Gasteiger partial charge is 0.331 e. The minimum Gasteiger partial charge on any atom is -0.478 e. The number of hydrogen-bond donors (Lipinski definition) is 1. The highest BCUT2D eigenvalue weighted by atomic mass is 16.4. The maximum Gasteiger partial charge on any atom is 0.331 e. The van der Waals surface area contributed by atoms with Gasteiger partial charge >= 0.3 is 5.97 Å². The van der Waals surface area contributed by atoms with Gasteiger partial charge in [0.2, 0.25) is 0 Å². The molecule has 0 aliphatic rings. The number of aryl methyl sites for hydroxylation is 1. The normalized spacial score (nSPS) is 10.4. The van der Waals surface area contributed by atoms with Gasteiger partial charge in [0.05, 0.1) is 0 Å². The summed E-state index contributed by atoms with van der Waals surface area (Å²) in [5.74, 6) is -0.957. The molecule has 0 amide bonds. The van der Waals surface area contributed by atoms with Gasteiger partial charge < -0.3 is 5.11 Å². The molecule has 2 heteroatoms. The lowest BCUT2D eigenvalue weighted by Crippen LogP contribution is -2.05. The lowest BCUT2D eigenvalue weighted by Gasteiger charge is -2.14. The number of benzene rings is 1. The third-order valence-electron chi connectivity index (χ3n) is 4.38. The van der Waals surface area contributed by atoms with Crippen LogP contribution in [0.4, 0.5) is 0 Å². The zero-order valence-corrected chi connectivity index (χ0v) is 14.9. The third kappa shape index (κ3) is 5.84. The molecule has 24 heavy (non-hydrogen) atoms. The van der Waals surface area contributed by atoms with E-state index in [0.717, 1.165) is 23.1 Å². The quantitative estimate of drug-likeness (QED) is 0.374. The minimum atomic E-state index is -0.957. The summed E-state index contributed by atoms with van der Waals surface area (Å²) in [7, 11) is 0. The molecule has 1 aromatic rings. The molecule has 1 N–H and O–H groups in total. The van der Waals surface area contributed by atoms with E-state index in [4.69, 9.17) is 5.11 Å². The molecule has 0 atom stereocenters. The van der Waals surface area contributed by atoms with Crippen LogP contribution in [0, 0.1) is 0 Å². The predicted octanol–water partition coefficient (Wildman–Crippen LogP) is 6.06. The largest absolute Gasteiger partial charge is 0.478 e. The molecule has 0 bridgehead atoms. The lowest BCUT2D eigenvalue weighted by molar-refractivity contribution is -0.132. The van der Waals surface area contributed by atoms with Crippen LogP contribution in [0.15, 0.2) is 37.4 Å². The van der Waals surface area contributed by atoms with Gasteiger partial charge in [-0.15, -0.1) is 0 Å². The van der Waals surface area contributed by atoms with E-state index in [9.17, 15) is 4.79 Å². The van der Waals surface area contributed by atoms with E-state index in [1.807, 2.05) is 12.1 Å². The van der Waals surface area contributed by atoms with E-state index < -0.39 is 5.97 Å². The SMILES string of the molecule is C=Cc1c(CCCCCCCC)ccc(CC(=C)C(=O)O)c1C=C. The summed E-state index contributed by atoms with van der Waals surface area (Å²) in [6, 6.07) is 4.10. The summed E-state index contributed by atoms with van der Waals surface area (Å²) in [6.07, 6.45) is 12.6. The van der Waals surface area contributed by atoms with Gasteiger partial charge in [-0.25, -0.2) is 4.79 Å². The van der Waals surface area contributed by atoms with E-state index in [0.29, 0.717) is 6.42 Å². The molecule has 0 aromatic heterocycles. The minimum absolute atomic E-state index is 0.191. The second kappa shape index (κ2) is 10.6. The molecular formula is C22H30O2. The topological polar surface area (TPSA) is 37.3 Å². The van der Waals surface area contributed by atoms with E-state index >= 15 is 0 Å². The molecule has 0 aliphatic heterocycles. The van der Waals surface area contributed by atoms with E-state index in [-0.39, 0.29) is 5.57 Å². The maximum atomic E-state index is 11.0. The zero-order valence-electron chi connectivity index (χ0n) is 14.9. The molecule has 2 nitrogen and oxygen atoms in total. The summed E-state index contributed by atoms with van der Waals surface area (Å²) in [5, 5.41) is 9.05. The Labute approximate surface area is 146 Å². The Morgan fingerprint density at radius 3 is 2.12 bits per heavy atom. The van der Waals surface area contributed by atoms with Crippen LogP contribution in [0.1, 0.15) is 67.7 Å². The molecule has 0 radical (unpaired) electrons. The first-order valence-electron chi connectivity index (χ1n) is 8.85. The molecule has 1 aromatic carbocycles. The van der Waals surface area contributed by atoms with Gasteiger partial charge in [0, 0.05) is 12.0 Å². The molecule has 0 unspecified atom stereocenters. The Balaban J connectivity index is 2.84. The fraction of sp³-hybridized carbons (Fsp3) is 0.409. The second-order valence-corrected chi connectivity index (χ2v) is 6.22. The first-order chi connectivity index (χ1) is 11.5. The van der Waals surface area contributed by atoms with Crippen molar-refractivity contribution in [2.24, 2.45) is 0 Å². The number of unbranched alkanes of at least 4 members (excludes halogenated alkanes) is 5. The zero-order chi connectivity index (χ0) is 17.9. The Morgan fingerprint density at radius 2 is 1.54 bits per heavy atom. The van der Waals surface area contributed by atoms with Crippen LogP contribution in [0.25, 0.3) is 12.2 Å². The second-order valence-electron chi connectivity index (χ2n) is 6.22. The van der Waals surface area contributed by atoms with E-state index in [1.54, 1.807) is 6.08 Å². The van der Waals surface area contributed by atoms with Crippen LogP contribution < -0.4 is 0 Å². The van der Waals surface area contributed by atoms with Gasteiger partial charge in [-0.1, -0.05) is 83.0 Å². The summed E-state index contributed by atoms with van der Waals surface area (Å²) in [6.45, 7) is 13.7. The number of carbonyl (C=O) groups is 1. The first-order valence-corrected chi connectivity index (χ1v) is 8.85. The first kappa shape index (κ1) is 20.0. The van der Waals surface area contributed by atoms with Crippen molar-refractivity contribution in [2.75, 3.05) is 0 Å². The standard InChI is InChI=1S/C22H30O2/c1-5-8-9-10-11-12-13-18-14-15-19(16-17(4)22(23)24)21(7-3)20(18)6-2/h6-7,14-15H,2-5,8-13,16H2,1H3,(H,23,24). The van der Waals surface area contributed by atoms with Crippen molar-refractivity contribution in [3.05, 3.63) is 59.7 Å². The van der Waals surface area contributed by atoms with Gasteiger partial charge in [0.15, 0.2) is 0 Å². The third-order valence-corrected chi connectivity index (χ3v) is 4.38. The Morgan fingerprint density at radius 1 is 1.00 bits per heavy atom. The van der Waals surface area contributed by atoms with Crippen LogP contribution in [0.5, 0.6) is 0 Å². The van der Waals surface area contributed by atoms with Crippen LogP contribution in [-0.4, -0.2) is 11.1 Å². The van der Waals surface area contributed by atoms with Gasteiger partial charge in [-0.3, -0.25) is 0 Å². The Kier molecular flexibility index (Phi) is 8.85. The van der Waals surface area contributed by atoms with Crippen LogP contribution in [0.3, 0.4) is 0 Å². The van der Waals surface area contributed by atoms with Crippen LogP contribution in [0.2, 0.25) is 0 Å². The van der Waals surface area contributed by atoms with Crippen molar-refractivity contribution in [3.8, 4) is 0 Å². The summed E-state index contributed by atoms with van der Waals surface area (Å²) < 4.78 is 0. The van der Waals surface area contributed by atoms with Crippen molar-refractivity contribution in [1.82, 2.24) is 0 Å². The fourth-order valence-electron chi connectivity index (χ4n) is 2.98. The molecule has 0 spiro atoms. The van der Waals surface area contributed by atoms with Crippen molar-refractivity contribution < 1.29 is 9.90 Å². The van der Waals surface area contributed by atoms with Gasteiger partial charge in [0.25, 0.3) is 0 Å². The Bertz CT molecular complexity index is 596. The predicted molar refractivity (Wildman–Crippen MR) is 104 cm³/mol. The highest BCUT2D eigenvalue weighted by Gasteiger charge is 2.12. The van der Waals surface area contributed by atoms with E-state index in [1.165, 1.54) is 44.1 Å². The fourth-order valence-corrected chi connectivity index (χ4v) is 2.98. The summed E-state index contributed by atoms with van der Waals surface area (Å²) in [5.41, 5.74) is 4.46. The van der Waals surface area contributed by atoms with Gasteiger partial charge in [-0.2, -0.15) is 0 Å². The van der Waals surface area contributed by atoms with Gasteiger partial charge in [0.1, 0.15) is 0 Å². The monoisotopic (exact) mass is 326 g/mol. The molecule has 0 saturated heterocycles. The molecule has 0 heterocycles. The number of carboxylic acid groups (broad SMARTS) is 1. The molecule has 130 valence electrons. The van der Waals surface area contributed by atoms with Crippen LogP contribution in [-0.2, 0) is 17.6 Å². The molecule has 0 aliphatic carbocycles. The van der Waals surface area contributed by atoms with Gasteiger partial charge in [-0.05, 0) is 35.1 Å².